The van der Waals surface area contributed by atoms with Crippen molar-refractivity contribution in [3.8, 4) is 11.5 Å². The van der Waals surface area contributed by atoms with E-state index < -0.39 is 15.1 Å². The predicted octanol–water partition coefficient (Wildman–Crippen LogP) is 0.473. The van der Waals surface area contributed by atoms with E-state index in [0.717, 1.165) is 5.56 Å². The minimum absolute atomic E-state index is 0.0135. The van der Waals surface area contributed by atoms with Crippen molar-refractivity contribution in [2.24, 2.45) is 0 Å². The number of likely N-dealkylation sites (N-methyl/N-ethyl adjacent to an activating group) is 1. The van der Waals surface area contributed by atoms with E-state index in [2.05, 4.69) is 5.32 Å². The molecule has 1 fully saturated rings. The summed E-state index contributed by atoms with van der Waals surface area (Å²) in [5.74, 6) is 1.49. The Bertz CT molecular complexity index is 555. The van der Waals surface area contributed by atoms with Crippen molar-refractivity contribution in [3.63, 3.8) is 0 Å². The average Bonchev–Trinajstić information content (AvgIpc) is 2.73. The number of hydrogen-bond acceptors (Lipinski definition) is 5. The van der Waals surface area contributed by atoms with Gasteiger partial charge >= 0.3 is 0 Å². The van der Waals surface area contributed by atoms with Crippen LogP contribution in [0.25, 0.3) is 0 Å². The quantitative estimate of drug-likeness (QED) is 0.832. The van der Waals surface area contributed by atoms with E-state index in [0.29, 0.717) is 11.5 Å². The second kappa shape index (κ2) is 3.61. The molecule has 2 atom stereocenters. The van der Waals surface area contributed by atoms with Crippen LogP contribution in [-0.4, -0.2) is 34.1 Å². The van der Waals surface area contributed by atoms with E-state index in [-0.39, 0.29) is 18.6 Å². The third-order valence-electron chi connectivity index (χ3n) is 3.26. The van der Waals surface area contributed by atoms with Gasteiger partial charge in [0.15, 0.2) is 21.3 Å². The molecule has 2 aliphatic rings. The van der Waals surface area contributed by atoms with E-state index in [1.54, 1.807) is 25.2 Å². The molecule has 5 nitrogen and oxygen atoms in total. The molecule has 1 aromatic rings. The van der Waals surface area contributed by atoms with Gasteiger partial charge in [0, 0.05) is 6.04 Å². The van der Waals surface area contributed by atoms with Gasteiger partial charge in [-0.3, -0.25) is 0 Å². The van der Waals surface area contributed by atoms with Crippen LogP contribution in [0.1, 0.15) is 10.8 Å². The Hall–Kier alpha value is -1.27. The molecule has 0 spiro atoms. The van der Waals surface area contributed by atoms with Gasteiger partial charge < -0.3 is 14.8 Å². The van der Waals surface area contributed by atoms with Crippen molar-refractivity contribution in [3.05, 3.63) is 23.8 Å². The summed E-state index contributed by atoms with van der Waals surface area (Å²) in [6.07, 6.45) is 0. The van der Waals surface area contributed by atoms with E-state index in [1.807, 2.05) is 0 Å². The third kappa shape index (κ3) is 1.59. The van der Waals surface area contributed by atoms with Gasteiger partial charge in [-0.25, -0.2) is 8.42 Å². The third-order valence-corrected chi connectivity index (χ3v) is 5.46. The lowest BCUT2D eigenvalue weighted by molar-refractivity contribution is 0.174. The normalized spacial score (nSPS) is 28.8. The van der Waals surface area contributed by atoms with E-state index >= 15 is 0 Å². The Morgan fingerprint density at radius 2 is 2.06 bits per heavy atom. The maximum atomic E-state index is 11.8. The molecule has 0 aliphatic carbocycles. The van der Waals surface area contributed by atoms with Gasteiger partial charge in [-0.05, 0) is 24.7 Å². The number of rotatable bonds is 2. The molecule has 0 amide bonds. The van der Waals surface area contributed by atoms with Crippen LogP contribution in [0.3, 0.4) is 0 Å². The fourth-order valence-electron chi connectivity index (χ4n) is 2.33. The van der Waals surface area contributed by atoms with Crippen LogP contribution in [0, 0.1) is 0 Å². The molecule has 0 bridgehead atoms. The molecule has 3 rings (SSSR count). The number of hydrogen-bond donors (Lipinski definition) is 1. The zero-order chi connectivity index (χ0) is 12.0. The van der Waals surface area contributed by atoms with Crippen molar-refractivity contribution in [2.75, 3.05) is 19.6 Å². The Morgan fingerprint density at radius 1 is 1.29 bits per heavy atom. The van der Waals surface area contributed by atoms with Gasteiger partial charge in [0.2, 0.25) is 6.79 Å². The molecule has 1 N–H and O–H groups in total. The number of ether oxygens (including phenoxy) is 2. The molecule has 1 aromatic carbocycles. The summed E-state index contributed by atoms with van der Waals surface area (Å²) < 4.78 is 34.0. The molecule has 2 heterocycles. The summed E-state index contributed by atoms with van der Waals surface area (Å²) in [6.45, 7) is 0.200. The molecule has 2 aliphatic heterocycles. The molecule has 92 valence electrons. The largest absolute Gasteiger partial charge is 0.454 e. The zero-order valence-electron chi connectivity index (χ0n) is 9.34. The van der Waals surface area contributed by atoms with Crippen LogP contribution < -0.4 is 14.8 Å². The second-order valence-corrected chi connectivity index (χ2v) is 6.42. The Morgan fingerprint density at radius 3 is 2.76 bits per heavy atom. The summed E-state index contributed by atoms with van der Waals surface area (Å²) in [4.78, 5) is 0. The van der Waals surface area contributed by atoms with Gasteiger partial charge in [0.05, 0.1) is 5.75 Å². The van der Waals surface area contributed by atoms with Crippen molar-refractivity contribution in [1.82, 2.24) is 5.32 Å². The average molecular weight is 255 g/mol. The highest BCUT2D eigenvalue weighted by atomic mass is 32.2. The lowest BCUT2D eigenvalue weighted by Crippen LogP contribution is -2.52. The van der Waals surface area contributed by atoms with Crippen LogP contribution in [0.4, 0.5) is 0 Å². The Balaban J connectivity index is 1.99. The van der Waals surface area contributed by atoms with Crippen LogP contribution in [0.2, 0.25) is 0 Å². The number of benzene rings is 1. The predicted molar refractivity (Wildman–Crippen MR) is 61.9 cm³/mol. The minimum Gasteiger partial charge on any atom is -0.454 e. The summed E-state index contributed by atoms with van der Waals surface area (Å²) in [5.41, 5.74) is 0.764. The number of nitrogens with one attached hydrogen (secondary N) is 1. The summed E-state index contributed by atoms with van der Waals surface area (Å²) >= 11 is 0. The highest BCUT2D eigenvalue weighted by Gasteiger charge is 2.46. The minimum atomic E-state index is -3.01. The lowest BCUT2D eigenvalue weighted by atomic mass is 10.0. The molecular formula is C11H13NO4S. The fourth-order valence-corrected chi connectivity index (χ4v) is 4.34. The Labute approximate surface area is 99.6 Å². The highest BCUT2D eigenvalue weighted by Crippen LogP contribution is 2.41. The molecule has 6 heteroatoms. The van der Waals surface area contributed by atoms with Crippen LogP contribution >= 0.6 is 0 Å². The summed E-state index contributed by atoms with van der Waals surface area (Å²) in [7, 11) is -1.24. The molecular weight excluding hydrogens is 242 g/mol. The van der Waals surface area contributed by atoms with Crippen LogP contribution in [0.15, 0.2) is 18.2 Å². The van der Waals surface area contributed by atoms with Crippen molar-refractivity contribution in [2.45, 2.75) is 11.3 Å². The van der Waals surface area contributed by atoms with Gasteiger partial charge in [0.1, 0.15) is 5.25 Å². The molecule has 2 unspecified atom stereocenters. The highest BCUT2D eigenvalue weighted by molar-refractivity contribution is 7.93. The number of fused-ring (bicyclic) bond motifs is 1. The second-order valence-electron chi connectivity index (χ2n) is 4.26. The Kier molecular flexibility index (Phi) is 2.31. The van der Waals surface area contributed by atoms with Gasteiger partial charge in [-0.15, -0.1) is 0 Å². The van der Waals surface area contributed by atoms with Crippen molar-refractivity contribution in [1.29, 1.82) is 0 Å². The monoisotopic (exact) mass is 255 g/mol. The smallest absolute Gasteiger partial charge is 0.231 e. The summed E-state index contributed by atoms with van der Waals surface area (Å²) in [5, 5.41) is 2.55. The van der Waals surface area contributed by atoms with Gasteiger partial charge in [0.25, 0.3) is 0 Å². The first-order valence-electron chi connectivity index (χ1n) is 5.40. The molecule has 1 saturated heterocycles. The maximum absolute atomic E-state index is 11.8. The topological polar surface area (TPSA) is 64.6 Å². The number of sulfone groups is 1. The standard InChI is InChI=1S/C11H13NO4S/c1-12-8-5-17(13,14)11(8)7-2-3-9-10(4-7)16-6-15-9/h2-4,8,11-12H,5-6H2,1H3. The van der Waals surface area contributed by atoms with E-state index in [9.17, 15) is 8.42 Å². The maximum Gasteiger partial charge on any atom is 0.231 e. The van der Waals surface area contributed by atoms with Crippen molar-refractivity contribution < 1.29 is 17.9 Å². The molecule has 0 aromatic heterocycles. The first-order valence-corrected chi connectivity index (χ1v) is 7.12. The molecule has 0 saturated carbocycles. The van der Waals surface area contributed by atoms with E-state index in [4.69, 9.17) is 9.47 Å². The van der Waals surface area contributed by atoms with Crippen LogP contribution in [0.5, 0.6) is 11.5 Å². The van der Waals surface area contributed by atoms with Crippen molar-refractivity contribution >= 4 is 9.84 Å². The van der Waals surface area contributed by atoms with Crippen LogP contribution in [-0.2, 0) is 9.84 Å². The summed E-state index contributed by atoms with van der Waals surface area (Å²) in [6, 6.07) is 5.30. The fraction of sp³-hybridized carbons (Fsp3) is 0.455. The lowest BCUT2D eigenvalue weighted by Gasteiger charge is -2.36. The SMILES string of the molecule is CNC1CS(=O)(=O)C1c1ccc2c(c1)OCO2. The molecule has 0 radical (unpaired) electrons. The van der Waals surface area contributed by atoms with E-state index in [1.165, 1.54) is 0 Å². The zero-order valence-corrected chi connectivity index (χ0v) is 10.2. The first-order chi connectivity index (χ1) is 8.12. The van der Waals surface area contributed by atoms with Gasteiger partial charge in [-0.1, -0.05) is 6.07 Å². The van der Waals surface area contributed by atoms with Gasteiger partial charge in [-0.2, -0.15) is 0 Å². The first kappa shape index (κ1) is 10.9. The molecule has 17 heavy (non-hydrogen) atoms.